The fraction of sp³-hybridized carbons (Fsp3) is 0.367. The van der Waals surface area contributed by atoms with Crippen LogP contribution in [-0.2, 0) is 19.0 Å². The summed E-state index contributed by atoms with van der Waals surface area (Å²) in [5.41, 5.74) is 3.81. The van der Waals surface area contributed by atoms with Gasteiger partial charge in [-0.3, -0.25) is 0 Å². The number of hydrogen-bond acceptors (Lipinski definition) is 4. The van der Waals surface area contributed by atoms with Gasteiger partial charge in [0, 0.05) is 5.92 Å². The highest BCUT2D eigenvalue weighted by molar-refractivity contribution is 5.79. The van der Waals surface area contributed by atoms with Crippen molar-refractivity contribution in [2.45, 2.75) is 52.7 Å². The van der Waals surface area contributed by atoms with E-state index in [0.29, 0.717) is 19.6 Å². The minimum absolute atomic E-state index is 0.0795. The summed E-state index contributed by atoms with van der Waals surface area (Å²) in [6.45, 7) is 10.5. The second-order valence-corrected chi connectivity index (χ2v) is 8.82. The van der Waals surface area contributed by atoms with Gasteiger partial charge in [-0.1, -0.05) is 74.5 Å². The average molecular weight is 461 g/mol. The van der Waals surface area contributed by atoms with Gasteiger partial charge in [0.15, 0.2) is 5.60 Å². The molecule has 34 heavy (non-hydrogen) atoms. The zero-order chi connectivity index (χ0) is 24.6. The third-order valence-corrected chi connectivity index (χ3v) is 6.26. The van der Waals surface area contributed by atoms with Crippen molar-refractivity contribution in [1.29, 1.82) is 0 Å². The lowest BCUT2D eigenvalue weighted by Crippen LogP contribution is -2.43. The van der Waals surface area contributed by atoms with E-state index in [1.165, 1.54) is 22.3 Å². The molecule has 0 aromatic heterocycles. The first kappa shape index (κ1) is 25.5. The molecule has 1 aliphatic carbocycles. The first-order chi connectivity index (χ1) is 16.4. The highest BCUT2D eigenvalue weighted by Gasteiger charge is 2.37. The molecule has 1 aliphatic rings. The number of benzene rings is 2. The van der Waals surface area contributed by atoms with Crippen molar-refractivity contribution in [2.24, 2.45) is 5.92 Å². The van der Waals surface area contributed by atoms with Crippen LogP contribution in [0, 0.1) is 5.92 Å². The molecule has 0 spiro atoms. The number of esters is 1. The topological polar surface area (TPSA) is 44.8 Å². The van der Waals surface area contributed by atoms with Crippen molar-refractivity contribution in [3.63, 3.8) is 0 Å². The third-order valence-electron chi connectivity index (χ3n) is 6.26. The Labute approximate surface area is 203 Å². The van der Waals surface area contributed by atoms with Crippen molar-refractivity contribution in [2.75, 3.05) is 13.2 Å². The molecule has 0 saturated heterocycles. The van der Waals surface area contributed by atoms with Crippen molar-refractivity contribution >= 4 is 11.5 Å². The predicted octanol–water partition coefficient (Wildman–Crippen LogP) is 6.98. The van der Waals surface area contributed by atoms with Gasteiger partial charge >= 0.3 is 5.97 Å². The lowest BCUT2D eigenvalue weighted by molar-refractivity contribution is -0.176. The van der Waals surface area contributed by atoms with Crippen LogP contribution in [0.2, 0.25) is 0 Å². The van der Waals surface area contributed by atoms with Gasteiger partial charge in [-0.15, -0.1) is 0 Å². The number of ether oxygens (including phenoxy) is 3. The molecule has 0 saturated carbocycles. The standard InChI is InChI=1S/C30H36O4/c1-6-30(5,29(31)32-7-2)34-28-18-17-27(21-23(28)4)33-20-19-22(3)24-13-15-26(16-14-24)25-11-9-8-10-12-25/h8-19,21,23,28H,6-7,20H2,1-5H3/b22-19+/t23?,28?,30-/m0/s1. The SMILES string of the molecule is CCOC(=O)[C@](C)(CC)OC1C=CC(OC/C=C(\C)c2ccc(-c3ccccc3)cc2)=CC1C. The number of carbonyl (C=O) groups is 1. The Bertz CT molecular complexity index is 1030. The predicted molar refractivity (Wildman–Crippen MR) is 138 cm³/mol. The van der Waals surface area contributed by atoms with Gasteiger partial charge in [0.2, 0.25) is 0 Å². The van der Waals surface area contributed by atoms with Gasteiger partial charge < -0.3 is 14.2 Å². The van der Waals surface area contributed by atoms with E-state index in [9.17, 15) is 4.79 Å². The molecule has 0 N–H and O–H groups in total. The summed E-state index contributed by atoms with van der Waals surface area (Å²) in [7, 11) is 0. The minimum atomic E-state index is -0.957. The lowest BCUT2D eigenvalue weighted by Gasteiger charge is -2.33. The minimum Gasteiger partial charge on any atom is -0.490 e. The molecule has 0 amide bonds. The fourth-order valence-electron chi connectivity index (χ4n) is 3.81. The van der Waals surface area contributed by atoms with Crippen LogP contribution in [0.5, 0.6) is 0 Å². The van der Waals surface area contributed by atoms with Crippen molar-refractivity contribution < 1.29 is 19.0 Å². The second-order valence-electron chi connectivity index (χ2n) is 8.82. The van der Waals surface area contributed by atoms with Crippen molar-refractivity contribution in [3.8, 4) is 11.1 Å². The van der Waals surface area contributed by atoms with E-state index in [2.05, 4.69) is 68.5 Å². The van der Waals surface area contributed by atoms with E-state index in [0.717, 1.165) is 5.76 Å². The molecule has 2 aromatic carbocycles. The molecule has 0 radical (unpaired) electrons. The Kier molecular flexibility index (Phi) is 8.89. The van der Waals surface area contributed by atoms with Crippen LogP contribution < -0.4 is 0 Å². The molecule has 4 heteroatoms. The van der Waals surface area contributed by atoms with Gasteiger partial charge in [0.25, 0.3) is 0 Å². The molecule has 0 aliphatic heterocycles. The summed E-state index contributed by atoms with van der Waals surface area (Å²) >= 11 is 0. The molecule has 0 heterocycles. The fourth-order valence-corrected chi connectivity index (χ4v) is 3.81. The smallest absolute Gasteiger partial charge is 0.338 e. The number of allylic oxidation sites excluding steroid dienone is 2. The van der Waals surface area contributed by atoms with Gasteiger partial charge in [-0.05, 0) is 67.7 Å². The van der Waals surface area contributed by atoms with E-state index < -0.39 is 5.60 Å². The second kappa shape index (κ2) is 11.8. The Hall–Kier alpha value is -3.11. The van der Waals surface area contributed by atoms with Crippen LogP contribution in [0.25, 0.3) is 16.7 Å². The van der Waals surface area contributed by atoms with Gasteiger partial charge in [-0.25, -0.2) is 4.79 Å². The van der Waals surface area contributed by atoms with Crippen LogP contribution in [0.3, 0.4) is 0 Å². The Balaban J connectivity index is 1.55. The summed E-state index contributed by atoms with van der Waals surface area (Å²) in [5.74, 6) is 0.572. The molecule has 2 unspecified atom stereocenters. The maximum atomic E-state index is 12.3. The molecule has 3 atom stereocenters. The molecule has 4 nitrogen and oxygen atoms in total. The molecule has 0 fully saturated rings. The first-order valence-electron chi connectivity index (χ1n) is 12.1. The highest BCUT2D eigenvalue weighted by atomic mass is 16.6. The van der Waals surface area contributed by atoms with Crippen molar-refractivity contribution in [3.05, 3.63) is 90.2 Å². The highest BCUT2D eigenvalue weighted by Crippen LogP contribution is 2.28. The summed E-state index contributed by atoms with van der Waals surface area (Å²) in [5, 5.41) is 0. The lowest BCUT2D eigenvalue weighted by atomic mass is 9.96. The van der Waals surface area contributed by atoms with Crippen LogP contribution in [0.4, 0.5) is 0 Å². The summed E-state index contributed by atoms with van der Waals surface area (Å²) in [6, 6.07) is 19.0. The molecule has 2 aromatic rings. The van der Waals surface area contributed by atoms with Gasteiger partial charge in [0.05, 0.1) is 12.7 Å². The van der Waals surface area contributed by atoms with E-state index in [1.54, 1.807) is 13.8 Å². The monoisotopic (exact) mass is 460 g/mol. The molecule has 0 bridgehead atoms. The quantitative estimate of drug-likeness (QED) is 0.359. The van der Waals surface area contributed by atoms with Gasteiger partial charge in [0.1, 0.15) is 12.4 Å². The molecular formula is C30H36O4. The molecule has 3 rings (SSSR count). The van der Waals surface area contributed by atoms with Crippen LogP contribution >= 0.6 is 0 Å². The number of rotatable bonds is 10. The molecule has 180 valence electrons. The van der Waals surface area contributed by atoms with E-state index in [4.69, 9.17) is 14.2 Å². The van der Waals surface area contributed by atoms with Crippen LogP contribution in [0.1, 0.15) is 46.6 Å². The average Bonchev–Trinajstić information content (AvgIpc) is 2.86. The van der Waals surface area contributed by atoms with Crippen molar-refractivity contribution in [1.82, 2.24) is 0 Å². The van der Waals surface area contributed by atoms with Gasteiger partial charge in [-0.2, -0.15) is 0 Å². The summed E-state index contributed by atoms with van der Waals surface area (Å²) in [6.07, 6.45) is 8.36. The maximum Gasteiger partial charge on any atom is 0.338 e. The molecular weight excluding hydrogens is 424 g/mol. The number of hydrogen-bond donors (Lipinski definition) is 0. The third kappa shape index (κ3) is 6.48. The first-order valence-corrected chi connectivity index (χ1v) is 12.1. The van der Waals surface area contributed by atoms with Crippen LogP contribution in [0.15, 0.2) is 84.7 Å². The number of carbonyl (C=O) groups excluding carboxylic acids is 1. The summed E-state index contributed by atoms with van der Waals surface area (Å²) in [4.78, 5) is 12.3. The Morgan fingerprint density at radius 3 is 2.32 bits per heavy atom. The summed E-state index contributed by atoms with van der Waals surface area (Å²) < 4.78 is 17.4. The van der Waals surface area contributed by atoms with E-state index >= 15 is 0 Å². The van der Waals surface area contributed by atoms with E-state index in [1.807, 2.05) is 31.2 Å². The zero-order valence-corrected chi connectivity index (χ0v) is 20.9. The zero-order valence-electron chi connectivity index (χ0n) is 20.9. The van der Waals surface area contributed by atoms with E-state index in [-0.39, 0.29) is 18.0 Å². The Morgan fingerprint density at radius 1 is 1.03 bits per heavy atom. The normalized spacial score (nSPS) is 19.8. The van der Waals surface area contributed by atoms with Crippen LogP contribution in [-0.4, -0.2) is 30.9 Å². The maximum absolute atomic E-state index is 12.3. The largest absolute Gasteiger partial charge is 0.490 e. The Morgan fingerprint density at radius 2 is 1.71 bits per heavy atom.